The van der Waals surface area contributed by atoms with Crippen molar-refractivity contribution in [3.8, 4) is 0 Å². The van der Waals surface area contributed by atoms with Crippen molar-refractivity contribution < 1.29 is 9.59 Å². The van der Waals surface area contributed by atoms with Gasteiger partial charge in [0.05, 0.1) is 4.91 Å². The minimum absolute atomic E-state index is 0.253. The molecule has 1 heterocycles. The molecule has 2 N–H and O–H groups in total. The number of nitrogens with one attached hydrogen (secondary N) is 2. The van der Waals surface area contributed by atoms with Gasteiger partial charge in [-0.25, -0.2) is 0 Å². The number of thioether (sulfide) groups is 2. The summed E-state index contributed by atoms with van der Waals surface area (Å²) in [6, 6.07) is 7.59. The molecule has 1 aromatic rings. The summed E-state index contributed by atoms with van der Waals surface area (Å²) in [5.41, 5.74) is 0.874. The zero-order valence-electron chi connectivity index (χ0n) is 14.3. The van der Waals surface area contributed by atoms with Crippen molar-refractivity contribution >= 4 is 74.0 Å². The molecule has 0 bridgehead atoms. The molecule has 0 radical (unpaired) electrons. The predicted molar refractivity (Wildman–Crippen MR) is 118 cm³/mol. The number of hydrogen-bond donors (Lipinski definition) is 2. The van der Waals surface area contributed by atoms with E-state index in [1.807, 2.05) is 24.3 Å². The SMILES string of the molecule is CSCCCNC(=S)NCCN1C(=O)S/C(=C\c2cccc(Br)c2)C1=O. The third-order valence-corrected chi connectivity index (χ3v) is 5.84. The van der Waals surface area contributed by atoms with Gasteiger partial charge in [-0.05, 0) is 66.2 Å². The van der Waals surface area contributed by atoms with Crippen LogP contribution >= 0.6 is 51.7 Å². The van der Waals surface area contributed by atoms with Crippen molar-refractivity contribution in [2.45, 2.75) is 6.42 Å². The molecule has 1 aromatic carbocycles. The molecule has 1 aliphatic rings. The fourth-order valence-corrected chi connectivity index (χ4v) is 4.12. The van der Waals surface area contributed by atoms with Gasteiger partial charge < -0.3 is 10.6 Å². The van der Waals surface area contributed by atoms with Crippen LogP contribution in [0.3, 0.4) is 0 Å². The number of halogens is 1. The fraction of sp³-hybridized carbons (Fsp3) is 0.353. The quantitative estimate of drug-likeness (QED) is 0.339. The molecule has 0 unspecified atom stereocenters. The van der Waals surface area contributed by atoms with Gasteiger partial charge in [0.1, 0.15) is 0 Å². The molecule has 0 atom stereocenters. The molecule has 26 heavy (non-hydrogen) atoms. The van der Waals surface area contributed by atoms with E-state index in [0.29, 0.717) is 16.6 Å². The van der Waals surface area contributed by atoms with Crippen LogP contribution in [0.5, 0.6) is 0 Å². The van der Waals surface area contributed by atoms with Crippen LogP contribution in [-0.4, -0.2) is 52.8 Å². The first-order valence-electron chi connectivity index (χ1n) is 8.03. The molecule has 2 amide bonds. The van der Waals surface area contributed by atoms with Crippen molar-refractivity contribution in [1.29, 1.82) is 0 Å². The Morgan fingerprint density at radius 1 is 1.35 bits per heavy atom. The summed E-state index contributed by atoms with van der Waals surface area (Å²) in [6.07, 6.45) is 4.84. The summed E-state index contributed by atoms with van der Waals surface area (Å²) in [6.45, 7) is 1.52. The van der Waals surface area contributed by atoms with Gasteiger partial charge in [0.2, 0.25) is 0 Å². The first kappa shape index (κ1) is 21.3. The Morgan fingerprint density at radius 3 is 2.85 bits per heavy atom. The van der Waals surface area contributed by atoms with Gasteiger partial charge in [-0.2, -0.15) is 11.8 Å². The Labute approximate surface area is 175 Å². The van der Waals surface area contributed by atoms with Crippen molar-refractivity contribution in [2.75, 3.05) is 31.6 Å². The highest BCUT2D eigenvalue weighted by Crippen LogP contribution is 2.32. The van der Waals surface area contributed by atoms with Gasteiger partial charge >= 0.3 is 0 Å². The highest BCUT2D eigenvalue weighted by atomic mass is 79.9. The summed E-state index contributed by atoms with van der Waals surface area (Å²) in [5, 5.41) is 6.43. The summed E-state index contributed by atoms with van der Waals surface area (Å²) in [4.78, 5) is 26.2. The number of rotatable bonds is 8. The Bertz CT molecular complexity index is 712. The topological polar surface area (TPSA) is 61.4 Å². The Morgan fingerprint density at radius 2 is 2.12 bits per heavy atom. The van der Waals surface area contributed by atoms with Crippen molar-refractivity contribution in [2.24, 2.45) is 0 Å². The van der Waals surface area contributed by atoms with Crippen LogP contribution in [0.1, 0.15) is 12.0 Å². The highest BCUT2D eigenvalue weighted by Gasteiger charge is 2.34. The monoisotopic (exact) mass is 473 g/mol. The maximum atomic E-state index is 12.5. The van der Waals surface area contributed by atoms with E-state index in [2.05, 4.69) is 32.8 Å². The second-order valence-electron chi connectivity index (χ2n) is 5.42. The van der Waals surface area contributed by atoms with Crippen LogP contribution < -0.4 is 10.6 Å². The van der Waals surface area contributed by atoms with E-state index in [9.17, 15) is 9.59 Å². The number of thiocarbonyl (C=S) groups is 1. The lowest BCUT2D eigenvalue weighted by Crippen LogP contribution is -2.41. The molecule has 0 spiro atoms. The molecule has 0 aliphatic carbocycles. The summed E-state index contributed by atoms with van der Waals surface area (Å²) >= 11 is 11.3. The largest absolute Gasteiger partial charge is 0.363 e. The third kappa shape index (κ3) is 6.61. The van der Waals surface area contributed by atoms with E-state index >= 15 is 0 Å². The first-order chi connectivity index (χ1) is 12.5. The zero-order chi connectivity index (χ0) is 18.9. The number of amides is 2. The fourth-order valence-electron chi connectivity index (χ4n) is 2.20. The average molecular weight is 474 g/mol. The van der Waals surface area contributed by atoms with Crippen molar-refractivity contribution in [3.63, 3.8) is 0 Å². The van der Waals surface area contributed by atoms with E-state index in [1.54, 1.807) is 17.8 Å². The summed E-state index contributed by atoms with van der Waals surface area (Å²) in [5.74, 6) is 0.817. The molecule has 5 nitrogen and oxygen atoms in total. The standard InChI is InChI=1S/C17H20BrN3O2S3/c1-25-9-3-6-19-16(24)20-7-8-21-15(22)14(26-17(21)23)11-12-4-2-5-13(18)10-12/h2,4-5,10-11H,3,6-9H2,1H3,(H2,19,20,24)/b14-11-. The van der Waals surface area contributed by atoms with Gasteiger partial charge in [-0.15, -0.1) is 0 Å². The third-order valence-electron chi connectivity index (χ3n) is 3.45. The number of benzene rings is 1. The van der Waals surface area contributed by atoms with E-state index in [4.69, 9.17) is 12.2 Å². The maximum absolute atomic E-state index is 12.5. The molecule has 1 fully saturated rings. The van der Waals surface area contributed by atoms with Crippen LogP contribution in [0.2, 0.25) is 0 Å². The smallest absolute Gasteiger partial charge is 0.293 e. The van der Waals surface area contributed by atoms with Gasteiger partial charge in [0.25, 0.3) is 11.1 Å². The Kier molecular flexibility index (Phi) is 8.97. The lowest BCUT2D eigenvalue weighted by molar-refractivity contribution is -0.122. The predicted octanol–water partition coefficient (Wildman–Crippen LogP) is 3.70. The molecule has 0 saturated carbocycles. The van der Waals surface area contributed by atoms with E-state index in [0.717, 1.165) is 40.5 Å². The lowest BCUT2D eigenvalue weighted by atomic mass is 10.2. The van der Waals surface area contributed by atoms with Crippen LogP contribution in [0.25, 0.3) is 6.08 Å². The minimum Gasteiger partial charge on any atom is -0.363 e. The summed E-state index contributed by atoms with van der Waals surface area (Å²) in [7, 11) is 0. The van der Waals surface area contributed by atoms with E-state index < -0.39 is 0 Å². The average Bonchev–Trinajstić information content (AvgIpc) is 2.86. The minimum atomic E-state index is -0.263. The number of nitrogens with zero attached hydrogens (tertiary/aromatic N) is 1. The van der Waals surface area contributed by atoms with Crippen LogP contribution in [0.4, 0.5) is 4.79 Å². The van der Waals surface area contributed by atoms with Gasteiger partial charge in [0, 0.05) is 24.1 Å². The highest BCUT2D eigenvalue weighted by molar-refractivity contribution is 9.10. The molecule has 9 heteroatoms. The van der Waals surface area contributed by atoms with Crippen molar-refractivity contribution in [1.82, 2.24) is 15.5 Å². The molecule has 0 aromatic heterocycles. The normalized spacial score (nSPS) is 15.6. The summed E-state index contributed by atoms with van der Waals surface area (Å²) < 4.78 is 0.924. The van der Waals surface area contributed by atoms with Crippen LogP contribution in [0, 0.1) is 0 Å². The Balaban J connectivity index is 1.82. The van der Waals surface area contributed by atoms with Crippen molar-refractivity contribution in [3.05, 3.63) is 39.2 Å². The lowest BCUT2D eigenvalue weighted by Gasteiger charge is -2.14. The number of hydrogen-bond acceptors (Lipinski definition) is 5. The molecular weight excluding hydrogens is 454 g/mol. The van der Waals surface area contributed by atoms with E-state index in [1.165, 1.54) is 4.90 Å². The second-order valence-corrected chi connectivity index (χ2v) is 8.72. The van der Waals surface area contributed by atoms with E-state index in [-0.39, 0.29) is 17.7 Å². The second kappa shape index (κ2) is 11.0. The van der Waals surface area contributed by atoms with Gasteiger partial charge in [-0.1, -0.05) is 28.1 Å². The zero-order valence-corrected chi connectivity index (χ0v) is 18.3. The number of carbonyl (C=O) groups is 2. The molecule has 2 rings (SSSR count). The molecule has 140 valence electrons. The maximum Gasteiger partial charge on any atom is 0.293 e. The first-order valence-corrected chi connectivity index (χ1v) is 11.4. The van der Waals surface area contributed by atoms with Crippen LogP contribution in [0.15, 0.2) is 33.6 Å². The Hall–Kier alpha value is -1.03. The molecular formula is C17H20BrN3O2S3. The van der Waals surface area contributed by atoms with Gasteiger partial charge in [-0.3, -0.25) is 14.5 Å². The number of imide groups is 1. The number of carbonyl (C=O) groups excluding carboxylic acids is 2. The molecule has 1 saturated heterocycles. The van der Waals surface area contributed by atoms with Crippen LogP contribution in [-0.2, 0) is 4.79 Å². The van der Waals surface area contributed by atoms with Gasteiger partial charge in [0.15, 0.2) is 5.11 Å². The molecule has 1 aliphatic heterocycles.